The molecule has 0 radical (unpaired) electrons. The Morgan fingerprint density at radius 2 is 2.26 bits per heavy atom. The number of rotatable bonds is 5. The average Bonchev–Trinajstić information content (AvgIpc) is 2.94. The molecule has 1 saturated heterocycles. The highest BCUT2D eigenvalue weighted by molar-refractivity contribution is 7.88. The first-order valence-corrected chi connectivity index (χ1v) is 9.51. The van der Waals surface area contributed by atoms with Gasteiger partial charge in [-0.2, -0.15) is 5.26 Å². The van der Waals surface area contributed by atoms with Crippen LogP contribution < -0.4 is 4.90 Å². The smallest absolute Gasteiger partial charge is 0.211 e. The van der Waals surface area contributed by atoms with E-state index in [-0.39, 0.29) is 6.04 Å². The van der Waals surface area contributed by atoms with Crippen LogP contribution >= 0.6 is 11.6 Å². The van der Waals surface area contributed by atoms with Crippen LogP contribution in [-0.4, -0.2) is 44.7 Å². The summed E-state index contributed by atoms with van der Waals surface area (Å²) in [5.74, 6) is 0. The van der Waals surface area contributed by atoms with E-state index >= 15 is 0 Å². The average molecular weight is 354 g/mol. The molecule has 1 fully saturated rings. The van der Waals surface area contributed by atoms with Gasteiger partial charge in [0.25, 0.3) is 0 Å². The van der Waals surface area contributed by atoms with Crippen molar-refractivity contribution < 1.29 is 8.42 Å². The molecule has 0 aromatic heterocycles. The van der Waals surface area contributed by atoms with Crippen molar-refractivity contribution >= 4 is 27.3 Å². The van der Waals surface area contributed by atoms with Crippen LogP contribution in [0.5, 0.6) is 0 Å². The van der Waals surface area contributed by atoms with E-state index in [9.17, 15) is 8.42 Å². The van der Waals surface area contributed by atoms with Gasteiger partial charge >= 0.3 is 0 Å². The van der Waals surface area contributed by atoms with Crippen LogP contribution in [0.2, 0.25) is 5.02 Å². The van der Waals surface area contributed by atoms with Gasteiger partial charge in [0.15, 0.2) is 0 Å². The maximum Gasteiger partial charge on any atom is 0.211 e. The Labute approximate surface area is 142 Å². The fourth-order valence-corrected chi connectivity index (χ4v) is 3.86. The molecule has 0 N–H and O–H groups in total. The third kappa shape index (κ3) is 4.25. The molecule has 7 heteroatoms. The summed E-state index contributed by atoms with van der Waals surface area (Å²) in [7, 11) is -3.18. The van der Waals surface area contributed by atoms with Crippen molar-refractivity contribution in [3.8, 4) is 6.07 Å². The molecule has 2 rings (SSSR count). The number of anilines is 1. The van der Waals surface area contributed by atoms with Gasteiger partial charge in [0.2, 0.25) is 10.0 Å². The van der Waals surface area contributed by atoms with Gasteiger partial charge < -0.3 is 4.90 Å². The molecule has 0 saturated carbocycles. The summed E-state index contributed by atoms with van der Waals surface area (Å²) in [5.41, 5.74) is 2.27. The summed E-state index contributed by atoms with van der Waals surface area (Å²) in [5, 5.41) is 9.39. The van der Waals surface area contributed by atoms with Crippen LogP contribution in [0.3, 0.4) is 0 Å². The van der Waals surface area contributed by atoms with Crippen molar-refractivity contribution in [2.45, 2.75) is 19.4 Å². The first-order chi connectivity index (χ1) is 10.7. The number of nitriles is 1. The molecule has 0 unspecified atom stereocenters. The Balaban J connectivity index is 2.30. The molecule has 1 atom stereocenters. The molecular weight excluding hydrogens is 334 g/mol. The predicted molar refractivity (Wildman–Crippen MR) is 93.1 cm³/mol. The van der Waals surface area contributed by atoms with E-state index in [0.717, 1.165) is 17.7 Å². The summed E-state index contributed by atoms with van der Waals surface area (Å²) in [6, 6.07) is 7.39. The van der Waals surface area contributed by atoms with Crippen LogP contribution in [0.25, 0.3) is 0 Å². The molecule has 1 aromatic carbocycles. The molecule has 1 aromatic rings. The largest absolute Gasteiger partial charge is 0.363 e. The van der Waals surface area contributed by atoms with Crippen molar-refractivity contribution in [3.05, 3.63) is 40.9 Å². The maximum atomic E-state index is 11.7. The van der Waals surface area contributed by atoms with Crippen molar-refractivity contribution in [1.29, 1.82) is 5.26 Å². The molecule has 1 heterocycles. The third-order valence-electron chi connectivity index (χ3n) is 3.88. The monoisotopic (exact) mass is 353 g/mol. The predicted octanol–water partition coefficient (Wildman–Crippen LogP) is 2.63. The van der Waals surface area contributed by atoms with E-state index in [2.05, 4.69) is 11.5 Å². The van der Waals surface area contributed by atoms with Gasteiger partial charge in [-0.25, -0.2) is 12.7 Å². The summed E-state index contributed by atoms with van der Waals surface area (Å²) in [6.45, 7) is 7.47. The fourth-order valence-electron chi connectivity index (χ4n) is 2.76. The molecule has 0 aliphatic carbocycles. The zero-order valence-electron chi connectivity index (χ0n) is 13.3. The Morgan fingerprint density at radius 1 is 1.57 bits per heavy atom. The van der Waals surface area contributed by atoms with Gasteiger partial charge in [-0.3, -0.25) is 0 Å². The first kappa shape index (κ1) is 17.8. The van der Waals surface area contributed by atoms with Gasteiger partial charge in [-0.05, 0) is 31.5 Å². The molecule has 23 heavy (non-hydrogen) atoms. The van der Waals surface area contributed by atoms with Crippen molar-refractivity contribution in [3.63, 3.8) is 0 Å². The van der Waals surface area contributed by atoms with E-state index in [4.69, 9.17) is 16.9 Å². The van der Waals surface area contributed by atoms with Crippen LogP contribution in [0.1, 0.15) is 18.9 Å². The van der Waals surface area contributed by atoms with Gasteiger partial charge in [0, 0.05) is 31.4 Å². The molecule has 5 nitrogen and oxygen atoms in total. The molecule has 0 spiro atoms. The second kappa shape index (κ2) is 6.91. The highest BCUT2D eigenvalue weighted by atomic mass is 35.5. The van der Waals surface area contributed by atoms with Gasteiger partial charge in [0.05, 0.1) is 16.8 Å². The number of halogens is 1. The second-order valence-electron chi connectivity index (χ2n) is 5.92. The summed E-state index contributed by atoms with van der Waals surface area (Å²) < 4.78 is 25.0. The number of hydrogen-bond donors (Lipinski definition) is 0. The minimum absolute atomic E-state index is 0.0606. The molecule has 1 aliphatic rings. The van der Waals surface area contributed by atoms with E-state index in [1.54, 1.807) is 12.1 Å². The number of benzene rings is 1. The Bertz CT molecular complexity index is 755. The lowest BCUT2D eigenvalue weighted by atomic mass is 10.1. The topological polar surface area (TPSA) is 64.4 Å². The minimum Gasteiger partial charge on any atom is -0.363 e. The summed E-state index contributed by atoms with van der Waals surface area (Å²) >= 11 is 6.14. The summed E-state index contributed by atoms with van der Waals surface area (Å²) in [6.07, 6.45) is 1.98. The first-order valence-electron chi connectivity index (χ1n) is 7.28. The van der Waals surface area contributed by atoms with Crippen molar-refractivity contribution in [2.75, 3.05) is 30.8 Å². The normalized spacial score (nSPS) is 18.6. The molecule has 0 amide bonds. The lowest BCUT2D eigenvalue weighted by molar-refractivity contribution is 0.475. The number of hydrogen-bond acceptors (Lipinski definition) is 4. The number of sulfonamides is 1. The highest BCUT2D eigenvalue weighted by Crippen LogP contribution is 2.28. The zero-order chi connectivity index (χ0) is 17.2. The Kier molecular flexibility index (Phi) is 5.35. The fraction of sp³-hybridized carbons (Fsp3) is 0.438. The van der Waals surface area contributed by atoms with Crippen LogP contribution in [0.4, 0.5) is 5.69 Å². The quantitative estimate of drug-likeness (QED) is 0.763. The lowest BCUT2D eigenvalue weighted by Gasteiger charge is -2.31. The van der Waals surface area contributed by atoms with Crippen molar-refractivity contribution in [1.82, 2.24) is 4.31 Å². The SMILES string of the molecule is C=C(C)CN(c1ccc(C#N)c(Cl)c1)[C@H]1CCN(S(C)(=O)=O)C1. The molecule has 0 bridgehead atoms. The van der Waals surface area contributed by atoms with E-state index in [1.165, 1.54) is 10.6 Å². The highest BCUT2D eigenvalue weighted by Gasteiger charge is 2.32. The van der Waals surface area contributed by atoms with Gasteiger partial charge in [-0.1, -0.05) is 23.8 Å². The van der Waals surface area contributed by atoms with Crippen molar-refractivity contribution in [2.24, 2.45) is 0 Å². The zero-order valence-corrected chi connectivity index (χ0v) is 14.9. The molecule has 124 valence electrons. The lowest BCUT2D eigenvalue weighted by Crippen LogP contribution is -2.39. The molecule has 1 aliphatic heterocycles. The van der Waals surface area contributed by atoms with Gasteiger partial charge in [-0.15, -0.1) is 0 Å². The Morgan fingerprint density at radius 3 is 2.74 bits per heavy atom. The second-order valence-corrected chi connectivity index (χ2v) is 8.31. The summed E-state index contributed by atoms with van der Waals surface area (Å²) in [4.78, 5) is 2.11. The number of nitrogens with zero attached hydrogens (tertiary/aromatic N) is 3. The van der Waals surface area contributed by atoms with Crippen LogP contribution in [0.15, 0.2) is 30.4 Å². The minimum atomic E-state index is -3.18. The van der Waals surface area contributed by atoms with E-state index < -0.39 is 10.0 Å². The molecular formula is C16H20ClN3O2S. The standard InChI is InChI=1S/C16H20ClN3O2S/c1-12(2)10-20(14-5-4-13(9-18)16(17)8-14)15-6-7-19(11-15)23(3,21)22/h4-5,8,15H,1,6-7,10-11H2,2-3H3/t15-/m0/s1. The van der Waals surface area contributed by atoms with Crippen LogP contribution in [0, 0.1) is 11.3 Å². The van der Waals surface area contributed by atoms with E-state index in [1.807, 2.05) is 19.1 Å². The van der Waals surface area contributed by atoms with Crippen LogP contribution in [-0.2, 0) is 10.0 Å². The third-order valence-corrected chi connectivity index (χ3v) is 5.46. The van der Waals surface area contributed by atoms with Gasteiger partial charge in [0.1, 0.15) is 6.07 Å². The Hall–Kier alpha value is -1.55. The maximum absolute atomic E-state index is 11.7. The van der Waals surface area contributed by atoms with E-state index in [0.29, 0.717) is 30.2 Å².